The number of nitrogens with zero attached hydrogens (tertiary/aromatic N) is 1. The average Bonchev–Trinajstić information content (AvgIpc) is 2.13. The van der Waals surface area contributed by atoms with Crippen LogP contribution >= 0.6 is 15.9 Å². The van der Waals surface area contributed by atoms with Gasteiger partial charge >= 0.3 is 6.18 Å². The van der Waals surface area contributed by atoms with Crippen molar-refractivity contribution < 1.29 is 17.4 Å². The Morgan fingerprint density at radius 1 is 1.29 bits per heavy atom. The zero-order valence-corrected chi connectivity index (χ0v) is 11.0. The molecule has 1 fully saturated rings. The quantitative estimate of drug-likeness (QED) is 0.767. The van der Waals surface area contributed by atoms with Gasteiger partial charge in [0, 0.05) is 16.0 Å². The van der Waals surface area contributed by atoms with Crippen molar-refractivity contribution >= 4 is 31.3 Å². The van der Waals surface area contributed by atoms with Crippen molar-refractivity contribution in [2.24, 2.45) is 4.36 Å². The number of halogens is 4. The van der Waals surface area contributed by atoms with Crippen LogP contribution in [0, 0.1) is 0 Å². The second-order valence-corrected chi connectivity index (χ2v) is 7.24. The second kappa shape index (κ2) is 4.28. The highest BCUT2D eigenvalue weighted by Gasteiger charge is 2.34. The molecule has 0 spiro atoms. The third-order valence-corrected chi connectivity index (χ3v) is 5.33. The fraction of sp³-hybridized carbons (Fsp3) is 0.400. The van der Waals surface area contributed by atoms with Crippen molar-refractivity contribution in [3.05, 3.63) is 28.2 Å². The predicted molar refractivity (Wildman–Crippen MR) is 63.7 cm³/mol. The number of hydrogen-bond donors (Lipinski definition) is 0. The van der Waals surface area contributed by atoms with Crippen LogP contribution in [-0.2, 0) is 15.9 Å². The summed E-state index contributed by atoms with van der Waals surface area (Å²) in [5, 5.41) is 0. The van der Waals surface area contributed by atoms with Gasteiger partial charge in [-0.3, -0.25) is 0 Å². The molecule has 0 N–H and O–H groups in total. The van der Waals surface area contributed by atoms with Crippen LogP contribution in [0.3, 0.4) is 0 Å². The van der Waals surface area contributed by atoms with E-state index >= 15 is 0 Å². The SMILES string of the molecule is O=S1(=Nc2cc(Br)ccc2C(F)(F)F)CCC1. The molecule has 94 valence electrons. The molecule has 17 heavy (non-hydrogen) atoms. The Morgan fingerprint density at radius 2 is 1.94 bits per heavy atom. The highest BCUT2D eigenvalue weighted by atomic mass is 79.9. The maximum Gasteiger partial charge on any atom is 0.418 e. The molecule has 7 heteroatoms. The normalized spacial score (nSPS) is 18.6. The van der Waals surface area contributed by atoms with Crippen LogP contribution in [0.5, 0.6) is 0 Å². The van der Waals surface area contributed by atoms with E-state index in [1.54, 1.807) is 0 Å². The standard InChI is InChI=1S/C10H9BrF3NOS/c11-7-2-3-8(10(12,13)14)9(6-7)15-17(16)4-1-5-17/h2-3,6H,1,4-5H2. The van der Waals surface area contributed by atoms with E-state index in [1.807, 2.05) is 0 Å². The lowest BCUT2D eigenvalue weighted by atomic mass is 10.2. The zero-order valence-electron chi connectivity index (χ0n) is 8.63. The molecule has 1 aliphatic heterocycles. The Balaban J connectivity index is 2.56. The van der Waals surface area contributed by atoms with Gasteiger partial charge in [-0.05, 0) is 24.6 Å². The van der Waals surface area contributed by atoms with Crippen LogP contribution in [0.25, 0.3) is 0 Å². The monoisotopic (exact) mass is 327 g/mol. The molecule has 0 unspecified atom stereocenters. The van der Waals surface area contributed by atoms with E-state index in [0.717, 1.165) is 12.5 Å². The molecule has 0 atom stereocenters. The third kappa shape index (κ3) is 2.82. The maximum atomic E-state index is 12.7. The molecule has 0 saturated carbocycles. The lowest BCUT2D eigenvalue weighted by Gasteiger charge is -2.19. The van der Waals surface area contributed by atoms with Crippen LogP contribution in [0.1, 0.15) is 12.0 Å². The Bertz CT molecular complexity index is 551. The van der Waals surface area contributed by atoms with Crippen LogP contribution in [0.15, 0.2) is 27.0 Å². The van der Waals surface area contributed by atoms with E-state index in [0.29, 0.717) is 16.0 Å². The van der Waals surface area contributed by atoms with E-state index in [9.17, 15) is 17.4 Å². The Labute approximate surface area is 106 Å². The van der Waals surface area contributed by atoms with E-state index in [-0.39, 0.29) is 5.69 Å². The highest BCUT2D eigenvalue weighted by molar-refractivity contribution is 9.10. The van der Waals surface area contributed by atoms with Gasteiger partial charge in [-0.15, -0.1) is 0 Å². The second-order valence-electron chi connectivity index (χ2n) is 3.78. The summed E-state index contributed by atoms with van der Waals surface area (Å²) in [5.41, 5.74) is -1.08. The minimum atomic E-state index is -4.47. The first-order valence-electron chi connectivity index (χ1n) is 4.89. The van der Waals surface area contributed by atoms with Gasteiger partial charge in [-0.2, -0.15) is 17.5 Å². The minimum Gasteiger partial charge on any atom is -0.249 e. The molecular weight excluding hydrogens is 319 g/mol. The van der Waals surface area contributed by atoms with Crippen LogP contribution < -0.4 is 0 Å². The average molecular weight is 328 g/mol. The summed E-state index contributed by atoms with van der Waals surface area (Å²) < 4.78 is 54.3. The van der Waals surface area contributed by atoms with Gasteiger partial charge in [0.05, 0.1) is 21.0 Å². The van der Waals surface area contributed by atoms with E-state index in [4.69, 9.17) is 0 Å². The third-order valence-electron chi connectivity index (χ3n) is 2.46. The first-order valence-corrected chi connectivity index (χ1v) is 7.54. The van der Waals surface area contributed by atoms with Crippen molar-refractivity contribution in [1.29, 1.82) is 0 Å². The van der Waals surface area contributed by atoms with Gasteiger partial charge in [-0.1, -0.05) is 15.9 Å². The molecule has 0 aromatic heterocycles. The molecule has 0 radical (unpaired) electrons. The van der Waals surface area contributed by atoms with E-state index in [2.05, 4.69) is 20.3 Å². The summed E-state index contributed by atoms with van der Waals surface area (Å²) in [6.45, 7) is 0. The van der Waals surface area contributed by atoms with Crippen LogP contribution in [0.2, 0.25) is 0 Å². The van der Waals surface area contributed by atoms with Gasteiger partial charge in [0.2, 0.25) is 0 Å². The van der Waals surface area contributed by atoms with Crippen LogP contribution in [-0.4, -0.2) is 15.7 Å². The van der Waals surface area contributed by atoms with Crippen molar-refractivity contribution in [1.82, 2.24) is 0 Å². The van der Waals surface area contributed by atoms with Crippen molar-refractivity contribution in [3.8, 4) is 0 Å². The number of rotatable bonds is 1. The molecule has 0 amide bonds. The van der Waals surface area contributed by atoms with E-state index in [1.165, 1.54) is 12.1 Å². The lowest BCUT2D eigenvalue weighted by molar-refractivity contribution is -0.137. The maximum absolute atomic E-state index is 12.7. The first kappa shape index (κ1) is 12.9. The zero-order chi connectivity index (χ0) is 12.7. The number of hydrogen-bond acceptors (Lipinski definition) is 2. The summed E-state index contributed by atoms with van der Waals surface area (Å²) in [4.78, 5) is 0. The van der Waals surface area contributed by atoms with Crippen molar-refractivity contribution in [2.45, 2.75) is 12.6 Å². The molecule has 2 rings (SSSR count). The van der Waals surface area contributed by atoms with Crippen LogP contribution in [0.4, 0.5) is 18.9 Å². The molecule has 1 aromatic rings. The molecule has 2 nitrogen and oxygen atoms in total. The summed E-state index contributed by atoms with van der Waals surface area (Å²) in [5.74, 6) is 0.771. The Hall–Kier alpha value is -0.560. The fourth-order valence-corrected chi connectivity index (χ4v) is 3.31. The topological polar surface area (TPSA) is 29.4 Å². The summed E-state index contributed by atoms with van der Waals surface area (Å²) >= 11 is 3.09. The minimum absolute atomic E-state index is 0.239. The van der Waals surface area contributed by atoms with Gasteiger partial charge in [-0.25, -0.2) is 4.21 Å². The first-order chi connectivity index (χ1) is 7.80. The Morgan fingerprint density at radius 3 is 2.41 bits per heavy atom. The van der Waals surface area contributed by atoms with Gasteiger partial charge in [0.1, 0.15) is 0 Å². The lowest BCUT2D eigenvalue weighted by Crippen LogP contribution is -2.23. The smallest absolute Gasteiger partial charge is 0.249 e. The fourth-order valence-electron chi connectivity index (χ4n) is 1.48. The molecule has 0 bridgehead atoms. The summed E-state index contributed by atoms with van der Waals surface area (Å²) in [6.07, 6.45) is -3.71. The molecule has 1 heterocycles. The number of benzene rings is 1. The van der Waals surface area contributed by atoms with E-state index < -0.39 is 21.5 Å². The molecule has 1 saturated heterocycles. The Kier molecular flexibility index (Phi) is 3.24. The number of alkyl halides is 3. The van der Waals surface area contributed by atoms with Crippen molar-refractivity contribution in [2.75, 3.05) is 11.5 Å². The summed E-state index contributed by atoms with van der Waals surface area (Å²) in [6, 6.07) is 3.51. The molecule has 1 aromatic carbocycles. The van der Waals surface area contributed by atoms with Gasteiger partial charge in [0.25, 0.3) is 0 Å². The largest absolute Gasteiger partial charge is 0.418 e. The predicted octanol–water partition coefficient (Wildman–Crippen LogP) is 3.97. The molecule has 1 aliphatic rings. The highest BCUT2D eigenvalue weighted by Crippen LogP contribution is 2.39. The van der Waals surface area contributed by atoms with Crippen molar-refractivity contribution in [3.63, 3.8) is 0 Å². The summed E-state index contributed by atoms with van der Waals surface area (Å²) in [7, 11) is -2.44. The molecule has 0 aliphatic carbocycles. The van der Waals surface area contributed by atoms with Gasteiger partial charge in [0.15, 0.2) is 0 Å². The molecular formula is C10H9BrF3NOS. The van der Waals surface area contributed by atoms with Gasteiger partial charge < -0.3 is 0 Å².